The van der Waals surface area contributed by atoms with E-state index < -0.39 is 0 Å². The third-order valence-corrected chi connectivity index (χ3v) is 13.3. The number of carbonyl (C=O) groups is 1. The van der Waals surface area contributed by atoms with Gasteiger partial charge in [-0.05, 0) is 122 Å². The van der Waals surface area contributed by atoms with Crippen LogP contribution in [-0.2, 0) is 4.79 Å². The molecule has 2 nitrogen and oxygen atoms in total. The average molecular weight is 441 g/mol. The number of aldehydes is 1. The number of hydrogen-bond acceptors (Lipinski definition) is 2. The quantitative estimate of drug-likeness (QED) is 0.364. The van der Waals surface area contributed by atoms with Gasteiger partial charge in [-0.15, -0.1) is 0 Å². The lowest BCUT2D eigenvalue weighted by molar-refractivity contribution is -0.245. The van der Waals surface area contributed by atoms with Crippen molar-refractivity contribution in [2.75, 3.05) is 0 Å². The van der Waals surface area contributed by atoms with Gasteiger partial charge in [-0.3, -0.25) is 0 Å². The van der Waals surface area contributed by atoms with E-state index in [0.29, 0.717) is 39.9 Å². The molecule has 0 unspecified atom stereocenters. The van der Waals surface area contributed by atoms with Crippen molar-refractivity contribution >= 4 is 6.29 Å². The van der Waals surface area contributed by atoms with Gasteiger partial charge in [0.05, 0.1) is 6.10 Å². The van der Waals surface area contributed by atoms with Crippen molar-refractivity contribution in [3.63, 3.8) is 0 Å². The van der Waals surface area contributed by atoms with Crippen molar-refractivity contribution in [3.05, 3.63) is 12.2 Å². The number of carbonyl (C=O) groups excluding carboxylic acids is 1. The number of aliphatic hydroxyl groups excluding tert-OH is 1. The molecule has 1 N–H and O–H groups in total. The van der Waals surface area contributed by atoms with Gasteiger partial charge in [-0.2, -0.15) is 0 Å². The molecular weight excluding hydrogens is 392 g/mol. The third-order valence-electron chi connectivity index (χ3n) is 13.3. The lowest BCUT2D eigenvalue weighted by atomic mass is 9.32. The molecule has 32 heavy (non-hydrogen) atoms. The summed E-state index contributed by atoms with van der Waals surface area (Å²) in [7, 11) is 0. The smallest absolute Gasteiger partial charge is 0.126 e. The van der Waals surface area contributed by atoms with E-state index in [2.05, 4.69) is 48.1 Å². The largest absolute Gasteiger partial charge is 0.393 e. The SMILES string of the molecule is C=C(C)[C@@H]1CC[C@]2(C=O)CC[C@]3(C)[C@H](CC[C@@H]4[C@@]5(C)CC[C@H](O)C(C)(C)[C@@H]5CC[C@]43C)[C@H]12. The standard InChI is InChI=1S/C30H48O2/c1-19(2)20-10-15-30(18-31)17-16-28(6)21(25(20)30)8-9-23-27(5)13-12-24(32)26(3,4)22(27)11-14-29(23,28)7/h18,20-25,32H,1,8-17H2,2-7H3/t20-,21+,22-,23+,24-,25-,27-,28+,29+,30+/m0/s1. The number of aliphatic hydroxyl groups is 1. The first kappa shape index (κ1) is 23.1. The summed E-state index contributed by atoms with van der Waals surface area (Å²) in [6.07, 6.45) is 13.1. The topological polar surface area (TPSA) is 37.3 Å². The Morgan fingerprint density at radius 3 is 2.22 bits per heavy atom. The van der Waals surface area contributed by atoms with Gasteiger partial charge in [0.2, 0.25) is 0 Å². The number of rotatable bonds is 2. The molecule has 5 aliphatic rings. The van der Waals surface area contributed by atoms with Crippen molar-refractivity contribution in [1.82, 2.24) is 0 Å². The summed E-state index contributed by atoms with van der Waals surface area (Å²) >= 11 is 0. The molecule has 0 aliphatic heterocycles. The average Bonchev–Trinajstić information content (AvgIpc) is 3.12. The summed E-state index contributed by atoms with van der Waals surface area (Å²) in [5.74, 6) is 3.03. The van der Waals surface area contributed by atoms with E-state index in [1.807, 2.05) is 0 Å². The predicted molar refractivity (Wildman–Crippen MR) is 131 cm³/mol. The lowest BCUT2D eigenvalue weighted by Gasteiger charge is -2.72. The van der Waals surface area contributed by atoms with Crippen LogP contribution in [0.3, 0.4) is 0 Å². The lowest BCUT2D eigenvalue weighted by Crippen LogP contribution is -2.66. The van der Waals surface area contributed by atoms with Crippen LogP contribution in [0.1, 0.15) is 106 Å². The van der Waals surface area contributed by atoms with Gasteiger partial charge < -0.3 is 9.90 Å². The minimum absolute atomic E-state index is 0.0157. The van der Waals surface area contributed by atoms with Crippen LogP contribution in [0.5, 0.6) is 0 Å². The van der Waals surface area contributed by atoms with Crippen LogP contribution in [0.15, 0.2) is 12.2 Å². The highest BCUT2D eigenvalue weighted by Gasteiger charge is 2.70. The van der Waals surface area contributed by atoms with E-state index in [1.165, 1.54) is 50.4 Å². The number of fused-ring (bicyclic) bond motifs is 7. The molecule has 5 saturated carbocycles. The van der Waals surface area contributed by atoms with Crippen LogP contribution in [-0.4, -0.2) is 17.5 Å². The highest BCUT2D eigenvalue weighted by Crippen LogP contribution is 2.77. The summed E-state index contributed by atoms with van der Waals surface area (Å²) in [6, 6.07) is 0. The molecular formula is C30H48O2. The summed E-state index contributed by atoms with van der Waals surface area (Å²) in [5, 5.41) is 10.9. The van der Waals surface area contributed by atoms with Crippen molar-refractivity contribution in [1.29, 1.82) is 0 Å². The van der Waals surface area contributed by atoms with E-state index in [0.717, 1.165) is 31.6 Å². The molecule has 5 rings (SSSR count). The van der Waals surface area contributed by atoms with Gasteiger partial charge in [-0.25, -0.2) is 0 Å². The summed E-state index contributed by atoms with van der Waals surface area (Å²) < 4.78 is 0. The second kappa shape index (κ2) is 6.96. The Labute approximate surface area is 197 Å². The van der Waals surface area contributed by atoms with E-state index in [4.69, 9.17) is 0 Å². The maximum Gasteiger partial charge on any atom is 0.126 e. The highest BCUT2D eigenvalue weighted by molar-refractivity contribution is 5.62. The molecule has 2 heteroatoms. The Balaban J connectivity index is 1.56. The van der Waals surface area contributed by atoms with Gasteiger partial charge in [0.15, 0.2) is 0 Å². The van der Waals surface area contributed by atoms with Crippen molar-refractivity contribution in [2.45, 2.75) is 112 Å². The predicted octanol–water partition coefficient (Wildman–Crippen LogP) is 7.20. The zero-order chi connectivity index (χ0) is 23.3. The van der Waals surface area contributed by atoms with Gasteiger partial charge in [0.25, 0.3) is 0 Å². The molecule has 0 aromatic heterocycles. The molecule has 0 amide bonds. The van der Waals surface area contributed by atoms with E-state index >= 15 is 0 Å². The first-order valence-electron chi connectivity index (χ1n) is 13.7. The molecule has 0 spiro atoms. The minimum atomic E-state index is -0.158. The fourth-order valence-corrected chi connectivity index (χ4v) is 11.4. The van der Waals surface area contributed by atoms with E-state index in [9.17, 15) is 9.90 Å². The molecule has 0 saturated heterocycles. The summed E-state index contributed by atoms with van der Waals surface area (Å²) in [6.45, 7) is 19.2. The Kier molecular flexibility index (Phi) is 5.03. The molecule has 0 aromatic rings. The zero-order valence-electron chi connectivity index (χ0n) is 21.7. The summed E-state index contributed by atoms with van der Waals surface area (Å²) in [4.78, 5) is 12.6. The third kappa shape index (κ3) is 2.60. The molecule has 0 heterocycles. The van der Waals surface area contributed by atoms with Crippen molar-refractivity contribution in [3.8, 4) is 0 Å². The second-order valence-corrected chi connectivity index (χ2v) is 14.4. The van der Waals surface area contributed by atoms with Gasteiger partial charge >= 0.3 is 0 Å². The van der Waals surface area contributed by atoms with Gasteiger partial charge in [0.1, 0.15) is 6.29 Å². The van der Waals surface area contributed by atoms with Crippen LogP contribution in [0.25, 0.3) is 0 Å². The highest BCUT2D eigenvalue weighted by atomic mass is 16.3. The first-order chi connectivity index (χ1) is 14.9. The number of allylic oxidation sites excluding steroid dienone is 1. The molecule has 0 radical (unpaired) electrons. The second-order valence-electron chi connectivity index (χ2n) is 14.4. The van der Waals surface area contributed by atoms with Crippen LogP contribution >= 0.6 is 0 Å². The molecule has 0 bridgehead atoms. The van der Waals surface area contributed by atoms with Crippen molar-refractivity contribution in [2.24, 2.45) is 56.7 Å². The molecule has 5 aliphatic carbocycles. The van der Waals surface area contributed by atoms with E-state index in [1.54, 1.807) is 0 Å². The Morgan fingerprint density at radius 1 is 0.844 bits per heavy atom. The number of hydrogen-bond donors (Lipinski definition) is 1. The molecule has 0 aromatic carbocycles. The van der Waals surface area contributed by atoms with Crippen LogP contribution in [0.2, 0.25) is 0 Å². The fourth-order valence-electron chi connectivity index (χ4n) is 11.4. The Hall–Kier alpha value is -0.630. The zero-order valence-corrected chi connectivity index (χ0v) is 21.7. The monoisotopic (exact) mass is 440 g/mol. The molecule has 5 fully saturated rings. The van der Waals surface area contributed by atoms with Gasteiger partial charge in [0, 0.05) is 5.41 Å². The first-order valence-corrected chi connectivity index (χ1v) is 13.7. The van der Waals surface area contributed by atoms with Crippen molar-refractivity contribution < 1.29 is 9.90 Å². The van der Waals surface area contributed by atoms with Crippen LogP contribution in [0.4, 0.5) is 0 Å². The normalized spacial score (nSPS) is 56.3. The maximum atomic E-state index is 12.6. The minimum Gasteiger partial charge on any atom is -0.393 e. The van der Waals surface area contributed by atoms with E-state index in [-0.39, 0.29) is 16.9 Å². The Bertz CT molecular complexity index is 814. The van der Waals surface area contributed by atoms with Gasteiger partial charge in [-0.1, -0.05) is 46.8 Å². The van der Waals surface area contributed by atoms with Crippen LogP contribution in [0, 0.1) is 56.7 Å². The van der Waals surface area contributed by atoms with Crippen LogP contribution < -0.4 is 0 Å². The summed E-state index contributed by atoms with van der Waals surface area (Å²) in [5.41, 5.74) is 2.20. The Morgan fingerprint density at radius 2 is 1.56 bits per heavy atom. The maximum absolute atomic E-state index is 12.6. The molecule has 10 atom stereocenters. The fraction of sp³-hybridized carbons (Fsp3) is 0.900. The molecule has 180 valence electrons.